The summed E-state index contributed by atoms with van der Waals surface area (Å²) in [6, 6.07) is 7.86. The van der Waals surface area contributed by atoms with E-state index in [1.807, 2.05) is 0 Å². The van der Waals surface area contributed by atoms with E-state index in [1.165, 1.54) is 26.4 Å². The minimum atomic E-state index is -2.97. The molecule has 2 fully saturated rings. The Morgan fingerprint density at radius 2 is 1.81 bits per heavy atom. The van der Waals surface area contributed by atoms with E-state index in [4.69, 9.17) is 14.2 Å². The average Bonchev–Trinajstić information content (AvgIpc) is 3.44. The molecule has 2 bridgehead atoms. The summed E-state index contributed by atoms with van der Waals surface area (Å²) >= 11 is 0. The number of imidazole rings is 1. The number of para-hydroxylation sites is 1. The third kappa shape index (κ3) is 5.26. The van der Waals surface area contributed by atoms with Crippen LogP contribution in [0.4, 0.5) is 19.1 Å². The second-order valence-corrected chi connectivity index (χ2v) is 10.7. The minimum absolute atomic E-state index is 0.0567. The third-order valence-electron chi connectivity index (χ3n) is 8.26. The number of halogens is 3. The van der Waals surface area contributed by atoms with Crippen LogP contribution >= 0.6 is 0 Å². The van der Waals surface area contributed by atoms with Crippen molar-refractivity contribution in [2.75, 3.05) is 32.2 Å². The number of fused-ring (bicyclic) bond motifs is 3. The number of hydrogen-bond donors (Lipinski definition) is 0. The quantitative estimate of drug-likeness (QED) is 0.258. The molecule has 1 aliphatic heterocycles. The number of carbonyl (C=O) groups is 1. The summed E-state index contributed by atoms with van der Waals surface area (Å²) in [5.41, 5.74) is 2.82. The molecule has 1 aromatic carbocycles. The SMILES string of the molecule is COCc1nc2cc(F)c(-c3cnc(N4C[C@H]5CC[C@@H](C4)C5C(=O)OC)nc3)cn2c1Cc1ccccc1OC(F)F. The van der Waals surface area contributed by atoms with Gasteiger partial charge in [0.05, 0.1) is 31.0 Å². The Hall–Kier alpha value is -4.19. The van der Waals surface area contributed by atoms with Crippen LogP contribution in [0.25, 0.3) is 16.8 Å². The zero-order valence-corrected chi connectivity index (χ0v) is 23.2. The number of anilines is 1. The molecule has 0 amide bonds. The average molecular weight is 582 g/mol. The molecule has 1 aliphatic carbocycles. The first-order valence-electron chi connectivity index (χ1n) is 13.7. The number of rotatable bonds is 9. The number of benzene rings is 1. The minimum Gasteiger partial charge on any atom is -0.469 e. The first-order valence-corrected chi connectivity index (χ1v) is 13.7. The number of piperidine rings is 1. The molecule has 1 unspecified atom stereocenters. The lowest BCUT2D eigenvalue weighted by Gasteiger charge is -2.36. The molecule has 2 aliphatic rings. The van der Waals surface area contributed by atoms with Crippen molar-refractivity contribution in [1.29, 1.82) is 0 Å². The van der Waals surface area contributed by atoms with Gasteiger partial charge in [-0.05, 0) is 30.7 Å². The van der Waals surface area contributed by atoms with Crippen molar-refractivity contribution in [1.82, 2.24) is 19.4 Å². The summed E-state index contributed by atoms with van der Waals surface area (Å²) in [7, 11) is 2.95. The molecule has 12 heteroatoms. The van der Waals surface area contributed by atoms with E-state index in [2.05, 4.69) is 19.9 Å². The first-order chi connectivity index (χ1) is 20.4. The van der Waals surface area contributed by atoms with Gasteiger partial charge in [-0.25, -0.2) is 19.3 Å². The van der Waals surface area contributed by atoms with E-state index in [0.29, 0.717) is 47.2 Å². The second kappa shape index (κ2) is 11.6. The monoisotopic (exact) mass is 581 g/mol. The Bertz CT molecular complexity index is 1580. The highest BCUT2D eigenvalue weighted by Gasteiger charge is 2.47. The van der Waals surface area contributed by atoms with E-state index in [9.17, 15) is 13.6 Å². The Labute approximate surface area is 240 Å². The molecule has 6 rings (SSSR count). The number of pyridine rings is 1. The summed E-state index contributed by atoms with van der Waals surface area (Å²) in [5.74, 6) is 0.225. The number of nitrogens with zero attached hydrogens (tertiary/aromatic N) is 5. The van der Waals surface area contributed by atoms with E-state index >= 15 is 4.39 Å². The maximum atomic E-state index is 15.4. The van der Waals surface area contributed by atoms with Crippen LogP contribution in [0.5, 0.6) is 5.75 Å². The number of aromatic nitrogens is 4. The van der Waals surface area contributed by atoms with Gasteiger partial charge in [-0.3, -0.25) is 4.79 Å². The van der Waals surface area contributed by atoms with Crippen molar-refractivity contribution in [3.8, 4) is 16.9 Å². The van der Waals surface area contributed by atoms with Crippen molar-refractivity contribution >= 4 is 17.6 Å². The molecule has 1 saturated carbocycles. The summed E-state index contributed by atoms with van der Waals surface area (Å²) < 4.78 is 58.3. The Balaban J connectivity index is 1.30. The summed E-state index contributed by atoms with van der Waals surface area (Å²) in [6.45, 7) is -1.50. The molecule has 220 valence electrons. The zero-order valence-electron chi connectivity index (χ0n) is 23.2. The van der Waals surface area contributed by atoms with Crippen LogP contribution in [0.3, 0.4) is 0 Å². The van der Waals surface area contributed by atoms with Gasteiger partial charge in [0, 0.05) is 68.0 Å². The molecule has 4 heterocycles. The van der Waals surface area contributed by atoms with Gasteiger partial charge in [-0.1, -0.05) is 18.2 Å². The van der Waals surface area contributed by atoms with E-state index < -0.39 is 12.4 Å². The Morgan fingerprint density at radius 3 is 2.48 bits per heavy atom. The zero-order chi connectivity index (χ0) is 29.4. The van der Waals surface area contributed by atoms with E-state index in [0.717, 1.165) is 12.8 Å². The van der Waals surface area contributed by atoms with Crippen molar-refractivity contribution in [3.63, 3.8) is 0 Å². The van der Waals surface area contributed by atoms with Crippen LogP contribution < -0.4 is 9.64 Å². The van der Waals surface area contributed by atoms with Gasteiger partial charge >= 0.3 is 12.6 Å². The lowest BCUT2D eigenvalue weighted by molar-refractivity contribution is -0.148. The molecule has 0 N–H and O–H groups in total. The Kier molecular flexibility index (Phi) is 7.72. The molecule has 0 spiro atoms. The molecule has 42 heavy (non-hydrogen) atoms. The van der Waals surface area contributed by atoms with Crippen LogP contribution in [-0.4, -0.2) is 59.2 Å². The smallest absolute Gasteiger partial charge is 0.387 e. The number of ether oxygens (including phenoxy) is 3. The lowest BCUT2D eigenvalue weighted by Crippen LogP contribution is -2.45. The van der Waals surface area contributed by atoms with Gasteiger partial charge in [0.1, 0.15) is 17.2 Å². The maximum absolute atomic E-state index is 15.4. The van der Waals surface area contributed by atoms with Crippen molar-refractivity contribution < 1.29 is 32.2 Å². The first kappa shape index (κ1) is 28.0. The molecule has 9 nitrogen and oxygen atoms in total. The largest absolute Gasteiger partial charge is 0.469 e. The molecule has 3 atom stereocenters. The van der Waals surface area contributed by atoms with Crippen molar-refractivity contribution in [3.05, 3.63) is 71.7 Å². The summed E-state index contributed by atoms with van der Waals surface area (Å²) in [6.07, 6.45) is 6.90. The molecule has 0 radical (unpaired) electrons. The number of esters is 1. The highest BCUT2D eigenvalue weighted by Crippen LogP contribution is 2.43. The van der Waals surface area contributed by atoms with E-state index in [1.54, 1.807) is 41.2 Å². The van der Waals surface area contributed by atoms with Crippen molar-refractivity contribution in [2.24, 2.45) is 17.8 Å². The third-order valence-corrected chi connectivity index (χ3v) is 8.26. The molecular formula is C30H30F3N5O4. The van der Waals surface area contributed by atoms with Gasteiger partial charge in [0.2, 0.25) is 5.95 Å². The van der Waals surface area contributed by atoms with Crippen LogP contribution in [0.1, 0.15) is 29.8 Å². The predicted octanol–water partition coefficient (Wildman–Crippen LogP) is 4.90. The molecule has 4 aromatic rings. The van der Waals surface area contributed by atoms with Gasteiger partial charge in [0.15, 0.2) is 0 Å². The number of hydrogen-bond acceptors (Lipinski definition) is 8. The topological polar surface area (TPSA) is 91.1 Å². The molecule has 3 aromatic heterocycles. The fourth-order valence-corrected chi connectivity index (χ4v) is 6.39. The number of methoxy groups -OCH3 is 2. The molecular weight excluding hydrogens is 551 g/mol. The second-order valence-electron chi connectivity index (χ2n) is 10.7. The van der Waals surface area contributed by atoms with Crippen molar-refractivity contribution in [2.45, 2.75) is 32.5 Å². The van der Waals surface area contributed by atoms with Gasteiger partial charge in [-0.15, -0.1) is 0 Å². The van der Waals surface area contributed by atoms with Crippen LogP contribution in [0, 0.1) is 23.6 Å². The van der Waals surface area contributed by atoms with Crippen LogP contribution in [-0.2, 0) is 27.3 Å². The normalized spacial score (nSPS) is 20.0. The number of alkyl halides is 2. The standard InChI is InChI=1S/C30H30F3N5O4/c1-40-16-23-24(9-17-5-3-4-6-25(17)42-29(32)33)38-15-21(22(31)10-26(38)36-23)20-11-34-30(35-12-20)37-13-18-7-8-19(14-37)27(18)28(39)41-2/h3-6,10-12,15,18-19,27,29H,7-9,13-14,16H2,1-2H3/t18-,19+,27?. The van der Waals surface area contributed by atoms with Gasteiger partial charge in [-0.2, -0.15) is 8.78 Å². The van der Waals surface area contributed by atoms with E-state index in [-0.39, 0.29) is 48.1 Å². The molecule has 1 saturated heterocycles. The lowest BCUT2D eigenvalue weighted by atomic mass is 9.85. The fourth-order valence-electron chi connectivity index (χ4n) is 6.39. The summed E-state index contributed by atoms with van der Waals surface area (Å²) in [5, 5.41) is 0. The van der Waals surface area contributed by atoms with Crippen LogP contribution in [0.2, 0.25) is 0 Å². The Morgan fingerprint density at radius 1 is 1.10 bits per heavy atom. The number of carbonyl (C=O) groups excluding carboxylic acids is 1. The maximum Gasteiger partial charge on any atom is 0.387 e. The predicted molar refractivity (Wildman–Crippen MR) is 147 cm³/mol. The summed E-state index contributed by atoms with van der Waals surface area (Å²) in [4.78, 5) is 28.0. The van der Waals surface area contributed by atoms with Gasteiger partial charge < -0.3 is 23.5 Å². The highest BCUT2D eigenvalue weighted by atomic mass is 19.3. The van der Waals surface area contributed by atoms with Gasteiger partial charge in [0.25, 0.3) is 0 Å². The highest BCUT2D eigenvalue weighted by molar-refractivity contribution is 5.74. The van der Waals surface area contributed by atoms with Crippen LogP contribution in [0.15, 0.2) is 48.9 Å². The fraction of sp³-hybridized carbons (Fsp3) is 0.400.